The quantitative estimate of drug-likeness (QED) is 0.270. The van der Waals surface area contributed by atoms with Crippen molar-refractivity contribution in [3.63, 3.8) is 0 Å². The molecule has 2 heterocycles. The van der Waals surface area contributed by atoms with E-state index in [1.165, 1.54) is 12.1 Å². The predicted octanol–water partition coefficient (Wildman–Crippen LogP) is 6.84. The van der Waals surface area contributed by atoms with E-state index in [-0.39, 0.29) is 11.8 Å². The second-order valence-corrected chi connectivity index (χ2v) is 10.7. The lowest BCUT2D eigenvalue weighted by atomic mass is 9.87. The van der Waals surface area contributed by atoms with Gasteiger partial charge in [0.05, 0.1) is 11.1 Å². The number of nitrogens with zero attached hydrogens (tertiary/aromatic N) is 1. The van der Waals surface area contributed by atoms with E-state index in [1.807, 2.05) is 49.4 Å². The number of hydroxylamine groups is 1. The molecule has 1 unspecified atom stereocenters. The molecule has 1 atom stereocenters. The van der Waals surface area contributed by atoms with Crippen molar-refractivity contribution in [1.29, 1.82) is 0 Å². The number of carbonyl (C=O) groups is 2. The fourth-order valence-electron chi connectivity index (χ4n) is 5.58. The molecule has 0 radical (unpaired) electrons. The first-order valence-electron chi connectivity index (χ1n) is 13.8. The zero-order valence-corrected chi connectivity index (χ0v) is 23.2. The number of rotatable bonds is 5. The molecule has 6 nitrogen and oxygen atoms in total. The Hall–Kier alpha value is -4.89. The molecule has 43 heavy (non-hydrogen) atoms. The van der Waals surface area contributed by atoms with Gasteiger partial charge in [0, 0.05) is 30.5 Å². The van der Waals surface area contributed by atoms with Crippen LogP contribution in [0.1, 0.15) is 39.5 Å². The molecule has 2 aliphatic heterocycles. The van der Waals surface area contributed by atoms with E-state index in [2.05, 4.69) is 10.8 Å². The highest BCUT2D eigenvalue weighted by atomic mass is 19.4. The van der Waals surface area contributed by atoms with E-state index in [4.69, 9.17) is 4.84 Å². The molecule has 0 aromatic heterocycles. The maximum absolute atomic E-state index is 13.6. The third-order valence-electron chi connectivity index (χ3n) is 7.99. The van der Waals surface area contributed by atoms with Crippen LogP contribution >= 0.6 is 0 Å². The molecular weight excluding hydrogens is 555 g/mol. The van der Waals surface area contributed by atoms with Crippen LogP contribution in [-0.4, -0.2) is 23.3 Å². The number of hydrogen-bond donors (Lipinski definition) is 2. The number of benzene rings is 4. The number of halogens is 3. The average Bonchev–Trinajstić information content (AvgIpc) is 3.43. The molecule has 4 aromatic rings. The van der Waals surface area contributed by atoms with Gasteiger partial charge in [-0.05, 0) is 71.5 Å². The summed E-state index contributed by atoms with van der Waals surface area (Å²) in [5.74, 6) is -0.483. The maximum Gasteiger partial charge on any atom is 0.416 e. The molecule has 218 valence electrons. The fraction of sp³-hybridized carbons (Fsp3) is 0.176. The van der Waals surface area contributed by atoms with Crippen LogP contribution in [0.2, 0.25) is 0 Å². The molecule has 9 heteroatoms. The lowest BCUT2D eigenvalue weighted by Crippen LogP contribution is -2.41. The van der Waals surface area contributed by atoms with Crippen molar-refractivity contribution in [2.45, 2.75) is 31.7 Å². The van der Waals surface area contributed by atoms with Crippen LogP contribution in [0.3, 0.4) is 0 Å². The summed E-state index contributed by atoms with van der Waals surface area (Å²) in [5, 5.41) is 2.93. The minimum absolute atomic E-state index is 0.112. The smallest absolute Gasteiger partial charge is 0.334 e. The molecule has 2 amide bonds. The van der Waals surface area contributed by atoms with Crippen LogP contribution in [0.4, 0.5) is 18.9 Å². The molecule has 0 bridgehead atoms. The van der Waals surface area contributed by atoms with Gasteiger partial charge in [-0.25, -0.2) is 0 Å². The van der Waals surface area contributed by atoms with Crippen molar-refractivity contribution < 1.29 is 27.6 Å². The lowest BCUT2D eigenvalue weighted by Gasteiger charge is -2.33. The van der Waals surface area contributed by atoms with Crippen molar-refractivity contribution in [2.24, 2.45) is 0 Å². The standard InChI is InChI=1S/C34H28F3N3O3/c1-33(25-7-3-2-4-8-25)30(20-38-43-33)32(42)40-18-17-23-19-27(16-13-24(23)21-40)39-31(41)29-10-6-5-9-28(29)22-11-14-26(15-12-22)34(35,36)37/h2-16,19-20,38H,17-18,21H2,1H3,(H,39,41). The van der Waals surface area contributed by atoms with Gasteiger partial charge in [-0.15, -0.1) is 0 Å². The van der Waals surface area contributed by atoms with Crippen molar-refractivity contribution in [2.75, 3.05) is 11.9 Å². The summed E-state index contributed by atoms with van der Waals surface area (Å²) in [6.45, 7) is 2.79. The van der Waals surface area contributed by atoms with E-state index in [1.54, 1.807) is 41.4 Å². The van der Waals surface area contributed by atoms with Crippen molar-refractivity contribution >= 4 is 17.5 Å². The van der Waals surface area contributed by atoms with Gasteiger partial charge in [-0.2, -0.15) is 13.2 Å². The highest BCUT2D eigenvalue weighted by Gasteiger charge is 2.42. The van der Waals surface area contributed by atoms with Crippen LogP contribution in [-0.2, 0) is 34.4 Å². The van der Waals surface area contributed by atoms with E-state index in [9.17, 15) is 22.8 Å². The molecule has 0 fully saturated rings. The van der Waals surface area contributed by atoms with Gasteiger partial charge in [0.15, 0.2) is 0 Å². The Balaban J connectivity index is 1.16. The summed E-state index contributed by atoms with van der Waals surface area (Å²) in [7, 11) is 0. The Kier molecular flexibility index (Phi) is 7.27. The van der Waals surface area contributed by atoms with Crippen LogP contribution in [0.15, 0.2) is 109 Å². The highest BCUT2D eigenvalue weighted by Crippen LogP contribution is 2.37. The van der Waals surface area contributed by atoms with Crippen molar-refractivity contribution in [3.8, 4) is 11.1 Å². The van der Waals surface area contributed by atoms with E-state index in [0.29, 0.717) is 47.5 Å². The first kappa shape index (κ1) is 28.2. The topological polar surface area (TPSA) is 70.7 Å². The van der Waals surface area contributed by atoms with Gasteiger partial charge < -0.3 is 10.2 Å². The molecule has 0 aliphatic carbocycles. The predicted molar refractivity (Wildman–Crippen MR) is 156 cm³/mol. The van der Waals surface area contributed by atoms with Crippen LogP contribution in [0.25, 0.3) is 11.1 Å². The number of fused-ring (bicyclic) bond motifs is 1. The van der Waals surface area contributed by atoms with Gasteiger partial charge in [0.25, 0.3) is 11.8 Å². The third kappa shape index (κ3) is 5.51. The summed E-state index contributed by atoms with van der Waals surface area (Å²) in [5.41, 5.74) is 6.50. The van der Waals surface area contributed by atoms with Crippen LogP contribution < -0.4 is 10.8 Å². The van der Waals surface area contributed by atoms with E-state index in [0.717, 1.165) is 28.8 Å². The zero-order chi connectivity index (χ0) is 30.2. The molecular formula is C34H28F3N3O3. The Labute approximate surface area is 246 Å². The van der Waals surface area contributed by atoms with E-state index >= 15 is 0 Å². The number of hydrogen-bond acceptors (Lipinski definition) is 4. The summed E-state index contributed by atoms with van der Waals surface area (Å²) in [6, 6.07) is 26.7. The Morgan fingerprint density at radius 2 is 1.63 bits per heavy atom. The van der Waals surface area contributed by atoms with Gasteiger partial charge >= 0.3 is 6.18 Å². The minimum Gasteiger partial charge on any atom is -0.334 e. The van der Waals surface area contributed by atoms with Crippen molar-refractivity contribution in [3.05, 3.63) is 137 Å². The van der Waals surface area contributed by atoms with Crippen LogP contribution in [0.5, 0.6) is 0 Å². The summed E-state index contributed by atoms with van der Waals surface area (Å²) in [6.07, 6.45) is -2.21. The van der Waals surface area contributed by atoms with Gasteiger partial charge in [-0.3, -0.25) is 19.9 Å². The Morgan fingerprint density at radius 1 is 0.907 bits per heavy atom. The minimum atomic E-state index is -4.44. The second-order valence-electron chi connectivity index (χ2n) is 10.7. The average molecular weight is 584 g/mol. The molecule has 6 rings (SSSR count). The van der Waals surface area contributed by atoms with Gasteiger partial charge in [0.1, 0.15) is 5.60 Å². The van der Waals surface area contributed by atoms with Gasteiger partial charge in [0.2, 0.25) is 0 Å². The van der Waals surface area contributed by atoms with Crippen LogP contribution in [0, 0.1) is 0 Å². The fourth-order valence-corrected chi connectivity index (χ4v) is 5.58. The second kappa shape index (κ2) is 11.1. The Bertz CT molecular complexity index is 1720. The molecule has 0 saturated carbocycles. The molecule has 0 saturated heterocycles. The molecule has 4 aromatic carbocycles. The number of nitrogens with one attached hydrogen (secondary N) is 2. The number of alkyl halides is 3. The lowest BCUT2D eigenvalue weighted by molar-refractivity contribution is -0.137. The third-order valence-corrected chi connectivity index (χ3v) is 7.99. The van der Waals surface area contributed by atoms with E-state index < -0.39 is 17.3 Å². The number of carbonyl (C=O) groups excluding carboxylic acids is 2. The van der Waals surface area contributed by atoms with Crippen molar-refractivity contribution in [1.82, 2.24) is 10.4 Å². The molecule has 2 aliphatic rings. The SMILES string of the molecule is CC1(c2ccccc2)ONC=C1C(=O)N1CCc2cc(NC(=O)c3ccccc3-c3ccc(C(F)(F)F)cc3)ccc2C1. The first-order chi connectivity index (χ1) is 20.6. The van der Waals surface area contributed by atoms with Gasteiger partial charge in [-0.1, -0.05) is 66.7 Å². The number of anilines is 1. The normalized spacial score (nSPS) is 18.0. The maximum atomic E-state index is 13.6. The summed E-state index contributed by atoms with van der Waals surface area (Å²) in [4.78, 5) is 34.5. The Morgan fingerprint density at radius 3 is 2.37 bits per heavy atom. The summed E-state index contributed by atoms with van der Waals surface area (Å²) < 4.78 is 39.1. The first-order valence-corrected chi connectivity index (χ1v) is 13.8. The molecule has 0 spiro atoms. The zero-order valence-electron chi connectivity index (χ0n) is 23.2. The molecule has 2 N–H and O–H groups in total. The monoisotopic (exact) mass is 583 g/mol. The summed E-state index contributed by atoms with van der Waals surface area (Å²) >= 11 is 0. The highest BCUT2D eigenvalue weighted by molar-refractivity contribution is 6.08. The largest absolute Gasteiger partial charge is 0.416 e. The number of amides is 2.